The first-order valence-electron chi connectivity index (χ1n) is 5.66. The van der Waals surface area contributed by atoms with Crippen LogP contribution >= 0.6 is 0 Å². The van der Waals surface area contributed by atoms with Crippen molar-refractivity contribution in [2.75, 3.05) is 0 Å². The molecule has 72 valence electrons. The summed E-state index contributed by atoms with van der Waals surface area (Å²) in [4.78, 5) is 0. The maximum absolute atomic E-state index is 6.04. The molecule has 2 atom stereocenters. The molecule has 2 unspecified atom stereocenters. The minimum absolute atomic E-state index is 0.471. The molecular weight excluding hydrogens is 167 g/mol. The Morgan fingerprint density at radius 2 is 1.93 bits per heavy atom. The Kier molecular flexibility index (Phi) is 3.28. The smallest absolute Gasteiger partial charge is 0.0703 e. The molecule has 2 rings (SSSR count). The van der Waals surface area contributed by atoms with Gasteiger partial charge in [-0.05, 0) is 24.3 Å². The van der Waals surface area contributed by atoms with Crippen molar-refractivity contribution >= 4 is 7.85 Å². The summed E-state index contributed by atoms with van der Waals surface area (Å²) in [6.07, 6.45) is 6.37. The summed E-state index contributed by atoms with van der Waals surface area (Å²) in [5, 5.41) is 0. The van der Waals surface area contributed by atoms with Crippen LogP contribution in [0.2, 0.25) is 5.82 Å². The van der Waals surface area contributed by atoms with Gasteiger partial charge in [0.1, 0.15) is 0 Å². The van der Waals surface area contributed by atoms with E-state index in [0.717, 1.165) is 5.92 Å². The number of rotatable bonds is 3. The van der Waals surface area contributed by atoms with Crippen molar-refractivity contribution in [2.24, 2.45) is 5.92 Å². The second-order valence-corrected chi connectivity index (χ2v) is 4.38. The van der Waals surface area contributed by atoms with E-state index in [1.54, 1.807) is 0 Å². The highest BCUT2D eigenvalue weighted by atomic mass is 14.2. The number of aryl methyl sites for hydroxylation is 1. The van der Waals surface area contributed by atoms with Gasteiger partial charge in [0.25, 0.3) is 0 Å². The van der Waals surface area contributed by atoms with E-state index < -0.39 is 0 Å². The topological polar surface area (TPSA) is 0 Å². The minimum atomic E-state index is 0.471. The quantitative estimate of drug-likeness (QED) is 0.631. The van der Waals surface area contributed by atoms with Crippen molar-refractivity contribution in [3.63, 3.8) is 0 Å². The molecule has 0 bridgehead atoms. The van der Waals surface area contributed by atoms with Crippen molar-refractivity contribution in [1.82, 2.24) is 0 Å². The van der Waals surface area contributed by atoms with Crippen LogP contribution in [0.4, 0.5) is 0 Å². The van der Waals surface area contributed by atoms with Gasteiger partial charge in [-0.15, -0.1) is 0 Å². The molecule has 1 saturated carbocycles. The molecule has 0 aromatic heterocycles. The summed E-state index contributed by atoms with van der Waals surface area (Å²) in [6, 6.07) is 10.7. The van der Waals surface area contributed by atoms with Crippen LogP contribution in [0.1, 0.15) is 31.2 Å². The van der Waals surface area contributed by atoms with Crippen molar-refractivity contribution in [2.45, 2.75) is 37.9 Å². The predicted octanol–water partition coefficient (Wildman–Crippen LogP) is 3.38. The average Bonchev–Trinajstić information content (AvgIpc) is 2.63. The zero-order valence-electron chi connectivity index (χ0n) is 8.65. The second kappa shape index (κ2) is 4.68. The Hall–Kier alpha value is -0.715. The molecule has 0 amide bonds. The molecule has 1 aliphatic carbocycles. The zero-order chi connectivity index (χ0) is 9.80. The van der Waals surface area contributed by atoms with Gasteiger partial charge in [-0.25, -0.2) is 0 Å². The molecule has 0 N–H and O–H groups in total. The monoisotopic (exact) mass is 184 g/mol. The Morgan fingerprint density at radius 1 is 1.14 bits per heavy atom. The van der Waals surface area contributed by atoms with Crippen LogP contribution in [0.5, 0.6) is 0 Å². The van der Waals surface area contributed by atoms with Crippen LogP contribution in [0, 0.1) is 5.92 Å². The molecular formula is C13H17B. The molecule has 0 spiro atoms. The number of benzene rings is 1. The summed E-state index contributed by atoms with van der Waals surface area (Å²) < 4.78 is 0. The molecule has 2 radical (unpaired) electrons. The van der Waals surface area contributed by atoms with Gasteiger partial charge in [0.2, 0.25) is 0 Å². The third kappa shape index (κ3) is 2.40. The Bertz CT molecular complexity index is 268. The first-order valence-corrected chi connectivity index (χ1v) is 5.66. The van der Waals surface area contributed by atoms with E-state index in [1.165, 1.54) is 37.7 Å². The molecule has 0 heterocycles. The summed E-state index contributed by atoms with van der Waals surface area (Å²) >= 11 is 0. The van der Waals surface area contributed by atoms with Crippen molar-refractivity contribution in [1.29, 1.82) is 0 Å². The third-order valence-corrected chi connectivity index (χ3v) is 3.36. The summed E-state index contributed by atoms with van der Waals surface area (Å²) in [5.41, 5.74) is 1.45. The fourth-order valence-electron chi connectivity index (χ4n) is 2.42. The van der Waals surface area contributed by atoms with Crippen molar-refractivity contribution < 1.29 is 0 Å². The molecule has 14 heavy (non-hydrogen) atoms. The highest BCUT2D eigenvalue weighted by Crippen LogP contribution is 2.36. The third-order valence-electron chi connectivity index (χ3n) is 3.36. The first-order chi connectivity index (χ1) is 6.86. The average molecular weight is 184 g/mol. The maximum Gasteiger partial charge on any atom is 0.0703 e. The molecule has 0 saturated heterocycles. The zero-order valence-corrected chi connectivity index (χ0v) is 8.65. The maximum atomic E-state index is 6.04. The van der Waals surface area contributed by atoms with Gasteiger partial charge in [0.05, 0.1) is 7.85 Å². The Morgan fingerprint density at radius 3 is 2.57 bits per heavy atom. The lowest BCUT2D eigenvalue weighted by molar-refractivity contribution is 0.504. The lowest BCUT2D eigenvalue weighted by atomic mass is 9.76. The fraction of sp³-hybridized carbons (Fsp3) is 0.538. The molecule has 1 aliphatic rings. The van der Waals surface area contributed by atoms with Gasteiger partial charge in [0.15, 0.2) is 0 Å². The van der Waals surface area contributed by atoms with Crippen LogP contribution in [0.3, 0.4) is 0 Å². The van der Waals surface area contributed by atoms with Gasteiger partial charge in [-0.1, -0.05) is 55.4 Å². The Balaban J connectivity index is 1.82. The van der Waals surface area contributed by atoms with E-state index in [0.29, 0.717) is 5.82 Å². The van der Waals surface area contributed by atoms with Crippen LogP contribution < -0.4 is 0 Å². The van der Waals surface area contributed by atoms with E-state index in [4.69, 9.17) is 7.85 Å². The van der Waals surface area contributed by atoms with Crippen LogP contribution in [-0.2, 0) is 6.42 Å². The highest BCUT2D eigenvalue weighted by molar-refractivity contribution is 6.11. The molecule has 1 aromatic carbocycles. The van der Waals surface area contributed by atoms with Crippen molar-refractivity contribution in [3.8, 4) is 0 Å². The van der Waals surface area contributed by atoms with E-state index in [2.05, 4.69) is 30.3 Å². The van der Waals surface area contributed by atoms with E-state index in [9.17, 15) is 0 Å². The van der Waals surface area contributed by atoms with Crippen molar-refractivity contribution in [3.05, 3.63) is 35.9 Å². The molecule has 0 nitrogen and oxygen atoms in total. The molecule has 0 aliphatic heterocycles. The van der Waals surface area contributed by atoms with Crippen LogP contribution in [0.25, 0.3) is 0 Å². The largest absolute Gasteiger partial charge is 0.0746 e. The lowest BCUT2D eigenvalue weighted by Crippen LogP contribution is -2.03. The summed E-state index contributed by atoms with van der Waals surface area (Å²) in [7, 11) is 6.04. The van der Waals surface area contributed by atoms with E-state index >= 15 is 0 Å². The van der Waals surface area contributed by atoms with Crippen LogP contribution in [0.15, 0.2) is 30.3 Å². The highest BCUT2D eigenvalue weighted by Gasteiger charge is 2.21. The van der Waals surface area contributed by atoms with Gasteiger partial charge in [-0.2, -0.15) is 0 Å². The van der Waals surface area contributed by atoms with Gasteiger partial charge in [-0.3, -0.25) is 0 Å². The summed E-state index contributed by atoms with van der Waals surface area (Å²) in [6.45, 7) is 0. The van der Waals surface area contributed by atoms with E-state index in [1.807, 2.05) is 0 Å². The predicted molar refractivity (Wildman–Crippen MR) is 61.6 cm³/mol. The normalized spacial score (nSPS) is 26.6. The van der Waals surface area contributed by atoms with Crippen LogP contribution in [-0.4, -0.2) is 7.85 Å². The van der Waals surface area contributed by atoms with Gasteiger partial charge in [0, 0.05) is 0 Å². The molecule has 1 fully saturated rings. The van der Waals surface area contributed by atoms with Gasteiger partial charge >= 0.3 is 0 Å². The molecule has 1 aromatic rings. The number of hydrogen-bond donors (Lipinski definition) is 0. The summed E-state index contributed by atoms with van der Waals surface area (Å²) in [5.74, 6) is 1.24. The standard InChI is InChI=1S/C13H17B/c14-13-8-4-7-12(13)10-9-11-5-2-1-3-6-11/h1-3,5-6,12-13H,4,7-10H2. The SMILES string of the molecule is [B]C1CCCC1CCc1ccccc1. The number of hydrogen-bond acceptors (Lipinski definition) is 0. The first kappa shape index (κ1) is 9.83. The fourth-order valence-corrected chi connectivity index (χ4v) is 2.42. The van der Waals surface area contributed by atoms with E-state index in [-0.39, 0.29) is 0 Å². The van der Waals surface area contributed by atoms with Gasteiger partial charge < -0.3 is 0 Å². The Labute approximate surface area is 88.1 Å². The molecule has 1 heteroatoms. The second-order valence-electron chi connectivity index (χ2n) is 4.38. The lowest BCUT2D eigenvalue weighted by Gasteiger charge is -2.14. The minimum Gasteiger partial charge on any atom is -0.0746 e.